The van der Waals surface area contributed by atoms with Gasteiger partial charge in [-0.3, -0.25) is 4.79 Å². The van der Waals surface area contributed by atoms with Gasteiger partial charge in [-0.1, -0.05) is 37.5 Å². The van der Waals surface area contributed by atoms with E-state index >= 15 is 0 Å². The van der Waals surface area contributed by atoms with E-state index in [0.717, 1.165) is 31.3 Å². The molecule has 3 saturated carbocycles. The number of ketones is 1. The van der Waals surface area contributed by atoms with Crippen molar-refractivity contribution in [3.8, 4) is 0 Å². The number of hydrogen-bond acceptors (Lipinski definition) is 3. The van der Waals surface area contributed by atoms with Crippen LogP contribution in [0.2, 0.25) is 0 Å². The number of hydrogen-bond donors (Lipinski definition) is 0. The zero-order chi connectivity index (χ0) is 21.0. The van der Waals surface area contributed by atoms with Crippen LogP contribution in [0.4, 0.5) is 0 Å². The predicted octanol–water partition coefficient (Wildman–Crippen LogP) is 6.03. The van der Waals surface area contributed by atoms with E-state index in [1.54, 1.807) is 18.6 Å². The van der Waals surface area contributed by atoms with Crippen LogP contribution in [0.15, 0.2) is 23.3 Å². The number of carbonyl (C=O) groups excluding carboxylic acids is 2. The number of ether oxygens (including phenoxy) is 1. The summed E-state index contributed by atoms with van der Waals surface area (Å²) in [6.07, 6.45) is 13.2. The Morgan fingerprint density at radius 3 is 2.55 bits per heavy atom. The molecule has 0 saturated heterocycles. The molecule has 3 heteroatoms. The average molecular weight is 399 g/mol. The lowest BCUT2D eigenvalue weighted by Gasteiger charge is -2.59. The summed E-state index contributed by atoms with van der Waals surface area (Å²) in [5, 5.41) is 0. The highest BCUT2D eigenvalue weighted by molar-refractivity contribution is 5.83. The van der Waals surface area contributed by atoms with Crippen LogP contribution in [0.25, 0.3) is 0 Å². The quantitative estimate of drug-likeness (QED) is 0.331. The summed E-state index contributed by atoms with van der Waals surface area (Å²) in [4.78, 5) is 25.3. The molecule has 4 aliphatic carbocycles. The Bertz CT molecular complexity index is 758. The van der Waals surface area contributed by atoms with Gasteiger partial charge in [-0.25, -0.2) is 4.79 Å². The van der Waals surface area contributed by atoms with Gasteiger partial charge in [0.2, 0.25) is 0 Å². The molecule has 0 aliphatic heterocycles. The van der Waals surface area contributed by atoms with Crippen LogP contribution < -0.4 is 0 Å². The number of esters is 1. The number of fused-ring (bicyclic) bond motifs is 5. The van der Waals surface area contributed by atoms with Gasteiger partial charge in [-0.15, -0.1) is 0 Å². The lowest BCUT2D eigenvalue weighted by Crippen LogP contribution is -2.57. The van der Waals surface area contributed by atoms with Crippen LogP contribution in [0.3, 0.4) is 0 Å². The molecule has 0 N–H and O–H groups in total. The first-order valence-corrected chi connectivity index (χ1v) is 11.7. The summed E-state index contributed by atoms with van der Waals surface area (Å²) < 4.78 is 6.19. The molecule has 0 heterocycles. The summed E-state index contributed by atoms with van der Waals surface area (Å²) in [5.41, 5.74) is 2.64. The van der Waals surface area contributed by atoms with Gasteiger partial charge in [-0.2, -0.15) is 0 Å². The average Bonchev–Trinajstić information content (AvgIpc) is 3.00. The van der Waals surface area contributed by atoms with Crippen LogP contribution in [-0.4, -0.2) is 17.9 Å². The van der Waals surface area contributed by atoms with Crippen LogP contribution in [0.1, 0.15) is 86.0 Å². The molecule has 3 nitrogen and oxygen atoms in total. The summed E-state index contributed by atoms with van der Waals surface area (Å²) in [6.45, 7) is 10.3. The molecule has 160 valence electrons. The predicted molar refractivity (Wildman–Crippen MR) is 115 cm³/mol. The van der Waals surface area contributed by atoms with Gasteiger partial charge in [0.25, 0.3) is 0 Å². The zero-order valence-corrected chi connectivity index (χ0v) is 18.9. The Morgan fingerprint density at radius 2 is 1.86 bits per heavy atom. The van der Waals surface area contributed by atoms with Crippen LogP contribution in [-0.2, 0) is 14.3 Å². The SMILES string of the molecule is CC(=O)[C@H]1CC[C@H]2[C@@H]3CC=C4CCCC[C@]4(C)[C@H]3CC(OC(=O)C=C(C)C)[C@]12C. The van der Waals surface area contributed by atoms with Crippen molar-refractivity contribution in [3.63, 3.8) is 0 Å². The highest BCUT2D eigenvalue weighted by atomic mass is 16.5. The second-order valence-electron chi connectivity index (χ2n) is 11.0. The van der Waals surface area contributed by atoms with Gasteiger partial charge in [0.05, 0.1) is 0 Å². The maximum absolute atomic E-state index is 12.7. The molecule has 0 amide bonds. The summed E-state index contributed by atoms with van der Waals surface area (Å²) in [6, 6.07) is 0. The van der Waals surface area contributed by atoms with Crippen molar-refractivity contribution < 1.29 is 14.3 Å². The maximum Gasteiger partial charge on any atom is 0.330 e. The number of carbonyl (C=O) groups is 2. The fraction of sp³-hybridized carbons (Fsp3) is 0.769. The van der Waals surface area contributed by atoms with Crippen LogP contribution in [0.5, 0.6) is 0 Å². The van der Waals surface area contributed by atoms with Gasteiger partial charge < -0.3 is 4.74 Å². The monoisotopic (exact) mass is 398 g/mol. The molecule has 4 rings (SSSR count). The van der Waals surface area contributed by atoms with Crippen molar-refractivity contribution in [2.24, 2.45) is 34.5 Å². The van der Waals surface area contributed by atoms with Crippen molar-refractivity contribution in [3.05, 3.63) is 23.3 Å². The first-order valence-electron chi connectivity index (χ1n) is 11.7. The van der Waals surface area contributed by atoms with E-state index in [0.29, 0.717) is 17.8 Å². The van der Waals surface area contributed by atoms with Crippen molar-refractivity contribution in [1.82, 2.24) is 0 Å². The Morgan fingerprint density at radius 1 is 1.10 bits per heavy atom. The largest absolute Gasteiger partial charge is 0.459 e. The minimum Gasteiger partial charge on any atom is -0.459 e. The van der Waals surface area contributed by atoms with E-state index in [9.17, 15) is 9.59 Å². The van der Waals surface area contributed by atoms with Gasteiger partial charge in [-0.05, 0) is 88.9 Å². The van der Waals surface area contributed by atoms with E-state index in [1.807, 2.05) is 13.8 Å². The first kappa shape index (κ1) is 20.9. The molecular formula is C26H38O3. The lowest BCUT2D eigenvalue weighted by molar-refractivity contribution is -0.176. The number of rotatable bonds is 3. The number of allylic oxidation sites excluding steroid dienone is 3. The van der Waals surface area contributed by atoms with Crippen molar-refractivity contribution >= 4 is 11.8 Å². The molecule has 7 atom stereocenters. The third kappa shape index (κ3) is 3.24. The molecular weight excluding hydrogens is 360 g/mol. The van der Waals surface area contributed by atoms with Gasteiger partial charge in [0.15, 0.2) is 0 Å². The highest BCUT2D eigenvalue weighted by Gasteiger charge is 2.64. The van der Waals surface area contributed by atoms with Gasteiger partial charge in [0, 0.05) is 17.4 Å². The Labute approximate surface area is 176 Å². The molecule has 0 aromatic heterocycles. The second kappa shape index (κ2) is 7.39. The van der Waals surface area contributed by atoms with E-state index in [1.165, 1.54) is 25.7 Å². The molecule has 29 heavy (non-hydrogen) atoms. The zero-order valence-electron chi connectivity index (χ0n) is 18.9. The molecule has 4 aliphatic rings. The van der Waals surface area contributed by atoms with Crippen molar-refractivity contribution in [2.75, 3.05) is 0 Å². The molecule has 0 spiro atoms. The second-order valence-corrected chi connectivity index (χ2v) is 11.0. The molecule has 3 fully saturated rings. The molecule has 1 unspecified atom stereocenters. The minimum absolute atomic E-state index is 0.0162. The van der Waals surface area contributed by atoms with Gasteiger partial charge in [0.1, 0.15) is 11.9 Å². The van der Waals surface area contributed by atoms with Crippen molar-refractivity contribution in [2.45, 2.75) is 92.1 Å². The topological polar surface area (TPSA) is 43.4 Å². The standard InChI is InChI=1S/C26H38O3/c1-16(2)14-24(28)29-23-15-22-19(10-9-18-8-6-7-13-25(18,22)4)21-12-11-20(17(3)27)26(21,23)5/h9,14,19-23H,6-8,10-13,15H2,1-5H3/t19-,20+,21-,22-,23?,25-,26+/m0/s1. The van der Waals surface area contributed by atoms with E-state index < -0.39 is 0 Å². The highest BCUT2D eigenvalue weighted by Crippen LogP contribution is 2.66. The van der Waals surface area contributed by atoms with E-state index in [4.69, 9.17) is 4.74 Å². The fourth-order valence-corrected chi connectivity index (χ4v) is 7.88. The third-order valence-electron chi connectivity index (χ3n) is 9.25. The normalized spacial score (nSPS) is 43.3. The molecule has 0 radical (unpaired) electrons. The smallest absolute Gasteiger partial charge is 0.330 e. The lowest BCUT2D eigenvalue weighted by atomic mass is 9.46. The van der Waals surface area contributed by atoms with Gasteiger partial charge >= 0.3 is 5.97 Å². The summed E-state index contributed by atoms with van der Waals surface area (Å²) in [7, 11) is 0. The van der Waals surface area contributed by atoms with Crippen LogP contribution >= 0.6 is 0 Å². The molecule has 0 bridgehead atoms. The fourth-order valence-electron chi connectivity index (χ4n) is 7.88. The molecule has 0 aromatic carbocycles. The maximum atomic E-state index is 12.7. The van der Waals surface area contributed by atoms with Crippen molar-refractivity contribution in [1.29, 1.82) is 0 Å². The Balaban J connectivity index is 1.73. The Hall–Kier alpha value is -1.38. The number of Topliss-reactive ketones (excluding diaryl/α,β-unsaturated/α-hetero) is 1. The first-order chi connectivity index (χ1) is 13.7. The summed E-state index contributed by atoms with van der Waals surface area (Å²) >= 11 is 0. The van der Waals surface area contributed by atoms with Crippen LogP contribution in [0, 0.1) is 34.5 Å². The summed E-state index contributed by atoms with van der Waals surface area (Å²) in [5.74, 6) is 1.71. The van der Waals surface area contributed by atoms with E-state index in [-0.39, 0.29) is 34.6 Å². The molecule has 0 aromatic rings. The Kier molecular flexibility index (Phi) is 5.32. The third-order valence-corrected chi connectivity index (χ3v) is 9.25. The van der Waals surface area contributed by atoms with E-state index in [2.05, 4.69) is 19.9 Å². The minimum atomic E-state index is -0.233.